The van der Waals surface area contributed by atoms with Gasteiger partial charge >= 0.3 is 0 Å². The Morgan fingerprint density at radius 1 is 1.62 bits per heavy atom. The summed E-state index contributed by atoms with van der Waals surface area (Å²) in [6, 6.07) is 2.13. The third-order valence-corrected chi connectivity index (χ3v) is 2.19. The maximum Gasteiger partial charge on any atom is 0.257 e. The van der Waals surface area contributed by atoms with Crippen molar-refractivity contribution in [2.45, 2.75) is 25.7 Å². The van der Waals surface area contributed by atoms with E-state index in [9.17, 15) is 8.78 Å². The lowest BCUT2D eigenvalue weighted by Gasteiger charge is -2.31. The van der Waals surface area contributed by atoms with Crippen molar-refractivity contribution in [2.24, 2.45) is 5.92 Å². The van der Waals surface area contributed by atoms with Crippen molar-refractivity contribution in [1.29, 1.82) is 5.26 Å². The van der Waals surface area contributed by atoms with Crippen LogP contribution < -0.4 is 0 Å². The number of hydrogen-bond acceptors (Lipinski definition) is 2. The molecule has 74 valence electrons. The van der Waals surface area contributed by atoms with Gasteiger partial charge in [-0.15, -0.1) is 0 Å². The Morgan fingerprint density at radius 3 is 2.85 bits per heavy atom. The van der Waals surface area contributed by atoms with Gasteiger partial charge in [-0.25, -0.2) is 8.78 Å². The molecule has 0 aromatic heterocycles. The summed E-state index contributed by atoms with van der Waals surface area (Å²) in [5, 5.41) is 8.64. The van der Waals surface area contributed by atoms with Crippen molar-refractivity contribution in [3.8, 4) is 6.07 Å². The lowest BCUT2D eigenvalue weighted by atomic mass is 9.99. The minimum absolute atomic E-state index is 0.0592. The second-order valence-corrected chi connectivity index (χ2v) is 3.77. The summed E-state index contributed by atoms with van der Waals surface area (Å²) in [5.74, 6) is -2.70. The van der Waals surface area contributed by atoms with Crippen LogP contribution in [0.3, 0.4) is 0 Å². The molecule has 0 aromatic carbocycles. The summed E-state index contributed by atoms with van der Waals surface area (Å²) in [6.07, 6.45) is 1.70. The van der Waals surface area contributed by atoms with E-state index in [1.807, 2.05) is 0 Å². The summed E-state index contributed by atoms with van der Waals surface area (Å²) in [7, 11) is 0. The quantitative estimate of drug-likeness (QED) is 0.661. The molecule has 0 amide bonds. The molecular weight excluding hydrogens is 174 g/mol. The standard InChI is InChI=1S/C9H14F2N2/c1-9(10,11)7-13-4-2-3-8(5-12)6-13/h8H,2-4,6-7H2,1H3. The molecule has 1 aliphatic rings. The maximum atomic E-state index is 12.6. The van der Waals surface area contributed by atoms with E-state index in [1.54, 1.807) is 4.90 Å². The van der Waals surface area contributed by atoms with Crippen LogP contribution in [0.2, 0.25) is 0 Å². The monoisotopic (exact) mass is 188 g/mol. The van der Waals surface area contributed by atoms with E-state index in [0.717, 1.165) is 19.8 Å². The minimum Gasteiger partial charge on any atom is -0.296 e. The Kier molecular flexibility index (Phi) is 3.21. The zero-order valence-electron chi connectivity index (χ0n) is 7.76. The Hall–Kier alpha value is -0.690. The molecule has 2 nitrogen and oxygen atoms in total. The van der Waals surface area contributed by atoms with Gasteiger partial charge < -0.3 is 0 Å². The fourth-order valence-corrected chi connectivity index (χ4v) is 1.70. The number of alkyl halides is 2. The molecule has 4 heteroatoms. The Balaban J connectivity index is 2.40. The second-order valence-electron chi connectivity index (χ2n) is 3.77. The number of likely N-dealkylation sites (tertiary alicyclic amines) is 1. The van der Waals surface area contributed by atoms with Crippen LogP contribution in [-0.4, -0.2) is 30.5 Å². The van der Waals surface area contributed by atoms with Crippen LogP contribution in [0.15, 0.2) is 0 Å². The van der Waals surface area contributed by atoms with Gasteiger partial charge in [0.05, 0.1) is 18.5 Å². The third-order valence-electron chi connectivity index (χ3n) is 2.19. The fourth-order valence-electron chi connectivity index (χ4n) is 1.70. The van der Waals surface area contributed by atoms with E-state index >= 15 is 0 Å². The number of piperidine rings is 1. The fraction of sp³-hybridized carbons (Fsp3) is 0.889. The molecule has 1 unspecified atom stereocenters. The van der Waals surface area contributed by atoms with Crippen LogP contribution in [0, 0.1) is 17.2 Å². The van der Waals surface area contributed by atoms with E-state index in [0.29, 0.717) is 13.1 Å². The Bertz CT molecular complexity index is 205. The number of nitriles is 1. The molecule has 1 heterocycles. The normalized spacial score (nSPS) is 25.5. The molecule has 0 aliphatic carbocycles. The molecular formula is C9H14F2N2. The number of nitrogens with zero attached hydrogens (tertiary/aromatic N) is 2. The minimum atomic E-state index is -2.64. The zero-order chi connectivity index (χ0) is 9.90. The van der Waals surface area contributed by atoms with Gasteiger partial charge in [0.2, 0.25) is 0 Å². The van der Waals surface area contributed by atoms with Crippen molar-refractivity contribution in [3.63, 3.8) is 0 Å². The molecule has 1 rings (SSSR count). The summed E-state index contributed by atoms with van der Waals surface area (Å²) in [6.45, 7) is 1.90. The van der Waals surface area contributed by atoms with Crippen molar-refractivity contribution < 1.29 is 8.78 Å². The topological polar surface area (TPSA) is 27.0 Å². The van der Waals surface area contributed by atoms with E-state index in [-0.39, 0.29) is 12.5 Å². The second kappa shape index (κ2) is 4.01. The first kappa shape index (κ1) is 10.4. The van der Waals surface area contributed by atoms with Crippen LogP contribution in [0.4, 0.5) is 8.78 Å². The van der Waals surface area contributed by atoms with E-state index in [4.69, 9.17) is 5.26 Å². The summed E-state index contributed by atoms with van der Waals surface area (Å²) < 4.78 is 25.2. The first-order valence-corrected chi connectivity index (χ1v) is 4.51. The van der Waals surface area contributed by atoms with Crippen LogP contribution in [0.25, 0.3) is 0 Å². The third kappa shape index (κ3) is 3.69. The predicted octanol–water partition coefficient (Wildman–Crippen LogP) is 1.88. The molecule has 1 atom stereocenters. The van der Waals surface area contributed by atoms with Crippen LogP contribution in [0.1, 0.15) is 19.8 Å². The van der Waals surface area contributed by atoms with Crippen LogP contribution in [0.5, 0.6) is 0 Å². The molecule has 13 heavy (non-hydrogen) atoms. The smallest absolute Gasteiger partial charge is 0.257 e. The molecule has 0 saturated carbocycles. The van der Waals surface area contributed by atoms with Crippen molar-refractivity contribution >= 4 is 0 Å². The van der Waals surface area contributed by atoms with Gasteiger partial charge in [-0.1, -0.05) is 0 Å². The molecule has 0 bridgehead atoms. The summed E-state index contributed by atoms with van der Waals surface area (Å²) in [4.78, 5) is 1.68. The highest BCUT2D eigenvalue weighted by atomic mass is 19.3. The van der Waals surface area contributed by atoms with Crippen LogP contribution in [-0.2, 0) is 0 Å². The van der Waals surface area contributed by atoms with Crippen LogP contribution >= 0.6 is 0 Å². The largest absolute Gasteiger partial charge is 0.296 e. The molecule has 1 aliphatic heterocycles. The molecule has 1 fully saturated rings. The van der Waals surface area contributed by atoms with Gasteiger partial charge in [-0.2, -0.15) is 5.26 Å². The van der Waals surface area contributed by atoms with E-state index < -0.39 is 5.92 Å². The maximum absolute atomic E-state index is 12.6. The summed E-state index contributed by atoms with van der Waals surface area (Å²) >= 11 is 0. The highest BCUT2D eigenvalue weighted by Crippen LogP contribution is 2.20. The van der Waals surface area contributed by atoms with Gasteiger partial charge in [0, 0.05) is 13.5 Å². The molecule has 0 radical (unpaired) electrons. The highest BCUT2D eigenvalue weighted by Gasteiger charge is 2.28. The highest BCUT2D eigenvalue weighted by molar-refractivity contribution is 4.89. The first-order chi connectivity index (χ1) is 6.01. The lowest BCUT2D eigenvalue weighted by molar-refractivity contribution is -0.0216. The predicted molar refractivity (Wildman–Crippen MR) is 45.4 cm³/mol. The average Bonchev–Trinajstić information content (AvgIpc) is 2.01. The molecule has 0 aromatic rings. The molecule has 0 N–H and O–H groups in total. The average molecular weight is 188 g/mol. The van der Waals surface area contributed by atoms with Crippen molar-refractivity contribution in [3.05, 3.63) is 0 Å². The van der Waals surface area contributed by atoms with E-state index in [1.165, 1.54) is 0 Å². The number of hydrogen-bond donors (Lipinski definition) is 0. The van der Waals surface area contributed by atoms with E-state index in [2.05, 4.69) is 6.07 Å². The Morgan fingerprint density at radius 2 is 2.31 bits per heavy atom. The van der Waals surface area contributed by atoms with Gasteiger partial charge in [0.25, 0.3) is 5.92 Å². The van der Waals surface area contributed by atoms with Gasteiger partial charge in [0.15, 0.2) is 0 Å². The number of rotatable bonds is 2. The zero-order valence-corrected chi connectivity index (χ0v) is 7.76. The van der Waals surface area contributed by atoms with Crippen molar-refractivity contribution in [1.82, 2.24) is 4.90 Å². The number of halogens is 2. The van der Waals surface area contributed by atoms with Crippen molar-refractivity contribution in [2.75, 3.05) is 19.6 Å². The SMILES string of the molecule is CC(F)(F)CN1CCCC(C#N)C1. The molecule has 0 spiro atoms. The Labute approximate surface area is 77.1 Å². The van der Waals surface area contributed by atoms with Gasteiger partial charge in [0.1, 0.15) is 0 Å². The molecule has 1 saturated heterocycles. The van der Waals surface area contributed by atoms with Gasteiger partial charge in [-0.3, -0.25) is 4.90 Å². The van der Waals surface area contributed by atoms with Gasteiger partial charge in [-0.05, 0) is 19.4 Å². The summed E-state index contributed by atoms with van der Waals surface area (Å²) in [5.41, 5.74) is 0. The lowest BCUT2D eigenvalue weighted by Crippen LogP contribution is -2.41. The first-order valence-electron chi connectivity index (χ1n) is 4.51.